The molecular formula is C12H12BrN3S. The van der Waals surface area contributed by atoms with E-state index in [0.29, 0.717) is 0 Å². The molecule has 0 radical (unpaired) electrons. The number of benzene rings is 1. The van der Waals surface area contributed by atoms with Crippen LogP contribution in [0.1, 0.15) is 11.3 Å². The van der Waals surface area contributed by atoms with E-state index in [0.717, 1.165) is 32.3 Å². The SMILES string of the molecule is Cc1ccnc(SCc2ccc(Br)cc2N)n1. The number of nitrogen functional groups attached to an aromatic ring is 1. The highest BCUT2D eigenvalue weighted by atomic mass is 79.9. The lowest BCUT2D eigenvalue weighted by molar-refractivity contribution is 0.932. The number of thioether (sulfide) groups is 1. The number of nitrogens with zero attached hydrogens (tertiary/aromatic N) is 2. The Hall–Kier alpha value is -1.07. The molecule has 88 valence electrons. The second kappa shape index (κ2) is 5.51. The van der Waals surface area contributed by atoms with E-state index in [1.807, 2.05) is 31.2 Å². The molecule has 0 aliphatic rings. The van der Waals surface area contributed by atoms with E-state index >= 15 is 0 Å². The summed E-state index contributed by atoms with van der Waals surface area (Å²) in [5, 5.41) is 0.785. The van der Waals surface area contributed by atoms with E-state index in [9.17, 15) is 0 Å². The molecule has 2 aromatic rings. The van der Waals surface area contributed by atoms with Gasteiger partial charge in [-0.1, -0.05) is 33.8 Å². The maximum absolute atomic E-state index is 5.93. The van der Waals surface area contributed by atoms with Crippen molar-refractivity contribution < 1.29 is 0 Å². The molecule has 0 aliphatic carbocycles. The van der Waals surface area contributed by atoms with Gasteiger partial charge >= 0.3 is 0 Å². The lowest BCUT2D eigenvalue weighted by atomic mass is 10.2. The minimum atomic E-state index is 0.780. The predicted octanol–water partition coefficient (Wildman–Crippen LogP) is 3.42. The average molecular weight is 310 g/mol. The van der Waals surface area contributed by atoms with Crippen molar-refractivity contribution >= 4 is 33.4 Å². The van der Waals surface area contributed by atoms with Crippen molar-refractivity contribution in [3.63, 3.8) is 0 Å². The zero-order valence-electron chi connectivity index (χ0n) is 9.35. The van der Waals surface area contributed by atoms with Gasteiger partial charge in [-0.25, -0.2) is 9.97 Å². The lowest BCUT2D eigenvalue weighted by Crippen LogP contribution is -1.94. The molecule has 0 amide bonds. The summed E-state index contributed by atoms with van der Waals surface area (Å²) in [7, 11) is 0. The van der Waals surface area contributed by atoms with Crippen molar-refractivity contribution in [1.82, 2.24) is 9.97 Å². The molecule has 0 atom stereocenters. The van der Waals surface area contributed by atoms with Crippen LogP contribution in [0.5, 0.6) is 0 Å². The molecule has 17 heavy (non-hydrogen) atoms. The third-order valence-corrected chi connectivity index (χ3v) is 3.64. The van der Waals surface area contributed by atoms with E-state index in [1.54, 1.807) is 18.0 Å². The van der Waals surface area contributed by atoms with Gasteiger partial charge in [0.05, 0.1) is 0 Å². The first kappa shape index (κ1) is 12.4. The van der Waals surface area contributed by atoms with E-state index < -0.39 is 0 Å². The van der Waals surface area contributed by atoms with Crippen LogP contribution in [-0.4, -0.2) is 9.97 Å². The Morgan fingerprint density at radius 2 is 2.18 bits per heavy atom. The number of aromatic nitrogens is 2. The van der Waals surface area contributed by atoms with E-state index in [-0.39, 0.29) is 0 Å². The lowest BCUT2D eigenvalue weighted by Gasteiger charge is -2.05. The van der Waals surface area contributed by atoms with Gasteiger partial charge in [0.25, 0.3) is 0 Å². The molecule has 1 aromatic heterocycles. The molecule has 1 aromatic carbocycles. The van der Waals surface area contributed by atoms with Gasteiger partial charge in [-0.15, -0.1) is 0 Å². The summed E-state index contributed by atoms with van der Waals surface area (Å²) < 4.78 is 0.996. The van der Waals surface area contributed by atoms with Gasteiger partial charge in [-0.3, -0.25) is 0 Å². The first-order chi connectivity index (χ1) is 8.15. The third kappa shape index (κ3) is 3.44. The molecule has 0 saturated carbocycles. The predicted molar refractivity (Wildman–Crippen MR) is 74.9 cm³/mol. The molecule has 0 fully saturated rings. The summed E-state index contributed by atoms with van der Waals surface area (Å²) in [5.74, 6) is 0.780. The Balaban J connectivity index is 2.07. The second-order valence-electron chi connectivity index (χ2n) is 3.61. The van der Waals surface area contributed by atoms with E-state index in [1.165, 1.54) is 0 Å². The van der Waals surface area contributed by atoms with Crippen molar-refractivity contribution in [2.24, 2.45) is 0 Å². The fourth-order valence-corrected chi connectivity index (χ4v) is 2.61. The highest BCUT2D eigenvalue weighted by Gasteiger charge is 2.03. The molecule has 0 bridgehead atoms. The Morgan fingerprint density at radius 1 is 1.35 bits per heavy atom. The van der Waals surface area contributed by atoms with Crippen molar-refractivity contribution in [2.75, 3.05) is 5.73 Å². The van der Waals surface area contributed by atoms with Crippen molar-refractivity contribution in [3.8, 4) is 0 Å². The zero-order chi connectivity index (χ0) is 12.3. The quantitative estimate of drug-likeness (QED) is 0.536. The van der Waals surface area contributed by atoms with Gasteiger partial charge in [-0.05, 0) is 30.7 Å². The van der Waals surface area contributed by atoms with Gasteiger partial charge in [0.15, 0.2) is 5.16 Å². The number of nitrogens with two attached hydrogens (primary N) is 1. The normalized spacial score (nSPS) is 10.5. The van der Waals surface area contributed by atoms with Crippen LogP contribution < -0.4 is 5.73 Å². The molecule has 3 nitrogen and oxygen atoms in total. The van der Waals surface area contributed by atoms with Crippen LogP contribution in [0.3, 0.4) is 0 Å². The Morgan fingerprint density at radius 3 is 2.88 bits per heavy atom. The largest absolute Gasteiger partial charge is 0.398 e. The first-order valence-electron chi connectivity index (χ1n) is 5.11. The smallest absolute Gasteiger partial charge is 0.188 e. The first-order valence-corrected chi connectivity index (χ1v) is 6.89. The van der Waals surface area contributed by atoms with Crippen molar-refractivity contribution in [3.05, 3.63) is 46.2 Å². The Bertz CT molecular complexity index is 531. The number of halogens is 1. The molecule has 5 heteroatoms. The molecule has 0 saturated heterocycles. The molecule has 0 aliphatic heterocycles. The third-order valence-electron chi connectivity index (χ3n) is 2.24. The fraction of sp³-hybridized carbons (Fsp3) is 0.167. The molecule has 1 heterocycles. The molecule has 0 spiro atoms. The van der Waals surface area contributed by atoms with Gasteiger partial charge in [0, 0.05) is 27.8 Å². The Labute approximate surface area is 113 Å². The second-order valence-corrected chi connectivity index (χ2v) is 5.47. The zero-order valence-corrected chi connectivity index (χ0v) is 11.8. The average Bonchev–Trinajstić information content (AvgIpc) is 2.28. The van der Waals surface area contributed by atoms with Crippen LogP contribution in [0, 0.1) is 6.92 Å². The number of hydrogen-bond donors (Lipinski definition) is 1. The maximum Gasteiger partial charge on any atom is 0.188 e. The number of aryl methyl sites for hydroxylation is 1. The summed E-state index contributed by atoms with van der Waals surface area (Å²) in [6.07, 6.45) is 1.77. The van der Waals surface area contributed by atoms with Crippen LogP contribution in [-0.2, 0) is 5.75 Å². The summed E-state index contributed by atoms with van der Waals surface area (Å²) in [4.78, 5) is 8.54. The van der Waals surface area contributed by atoms with Crippen LogP contribution in [0.2, 0.25) is 0 Å². The standard InChI is InChI=1S/C12H12BrN3S/c1-8-4-5-15-12(16-8)17-7-9-2-3-10(13)6-11(9)14/h2-6H,7,14H2,1H3. The summed E-state index contributed by atoms with van der Waals surface area (Å²) in [6.45, 7) is 1.96. The van der Waals surface area contributed by atoms with Crippen LogP contribution in [0.4, 0.5) is 5.69 Å². The monoisotopic (exact) mass is 309 g/mol. The summed E-state index contributed by atoms with van der Waals surface area (Å²) >= 11 is 4.98. The molecule has 0 unspecified atom stereocenters. The topological polar surface area (TPSA) is 51.8 Å². The number of hydrogen-bond acceptors (Lipinski definition) is 4. The van der Waals surface area contributed by atoms with Crippen molar-refractivity contribution in [1.29, 1.82) is 0 Å². The van der Waals surface area contributed by atoms with Gasteiger partial charge in [-0.2, -0.15) is 0 Å². The maximum atomic E-state index is 5.93. The van der Waals surface area contributed by atoms with Crippen LogP contribution in [0.25, 0.3) is 0 Å². The highest BCUT2D eigenvalue weighted by molar-refractivity contribution is 9.10. The minimum absolute atomic E-state index is 0.780. The molecular weight excluding hydrogens is 298 g/mol. The van der Waals surface area contributed by atoms with E-state index in [4.69, 9.17) is 5.73 Å². The van der Waals surface area contributed by atoms with Gasteiger partial charge < -0.3 is 5.73 Å². The van der Waals surface area contributed by atoms with Crippen LogP contribution in [0.15, 0.2) is 40.1 Å². The summed E-state index contributed by atoms with van der Waals surface area (Å²) in [5.41, 5.74) is 8.80. The number of rotatable bonds is 3. The molecule has 2 rings (SSSR count). The van der Waals surface area contributed by atoms with Crippen LogP contribution >= 0.6 is 27.7 Å². The fourth-order valence-electron chi connectivity index (χ4n) is 1.33. The highest BCUT2D eigenvalue weighted by Crippen LogP contribution is 2.25. The van der Waals surface area contributed by atoms with E-state index in [2.05, 4.69) is 25.9 Å². The molecule has 2 N–H and O–H groups in total. The number of anilines is 1. The summed E-state index contributed by atoms with van der Waals surface area (Å²) in [6, 6.07) is 7.80. The Kier molecular flexibility index (Phi) is 4.02. The van der Waals surface area contributed by atoms with Gasteiger partial charge in [0.1, 0.15) is 0 Å². The minimum Gasteiger partial charge on any atom is -0.398 e. The van der Waals surface area contributed by atoms with Gasteiger partial charge in [0.2, 0.25) is 0 Å². The van der Waals surface area contributed by atoms with Crippen molar-refractivity contribution in [2.45, 2.75) is 17.8 Å².